The fraction of sp³-hybridized carbons (Fsp3) is 0.583. The minimum absolute atomic E-state index is 0.236. The summed E-state index contributed by atoms with van der Waals surface area (Å²) in [5.74, 6) is 1.43. The van der Waals surface area contributed by atoms with E-state index in [2.05, 4.69) is 15.3 Å². The largest absolute Gasteiger partial charge is 0.469 e. The first-order chi connectivity index (χ1) is 8.94. The third-order valence-electron chi connectivity index (χ3n) is 2.93. The number of nitrogens with one attached hydrogen (secondary N) is 1. The maximum Gasteiger partial charge on any atom is 0.313 e. The quantitative estimate of drug-likeness (QED) is 0.680. The van der Waals surface area contributed by atoms with Crippen molar-refractivity contribution < 1.29 is 9.53 Å². The molecule has 1 aromatic heterocycles. The lowest BCUT2D eigenvalue weighted by Crippen LogP contribution is -2.33. The number of methoxy groups -OCH3 is 1. The Kier molecular flexibility index (Phi) is 4.20. The Balaban J connectivity index is 2.14. The van der Waals surface area contributed by atoms with Crippen LogP contribution in [0.15, 0.2) is 4.90 Å². The van der Waals surface area contributed by atoms with Gasteiger partial charge in [0.1, 0.15) is 5.82 Å². The van der Waals surface area contributed by atoms with Gasteiger partial charge in [-0.1, -0.05) is 0 Å². The summed E-state index contributed by atoms with van der Waals surface area (Å²) in [5.41, 5.74) is 0.353. The summed E-state index contributed by atoms with van der Waals surface area (Å²) in [4.78, 5) is 21.1. The number of carbonyl (C=O) groups excluding carboxylic acids is 1. The van der Waals surface area contributed by atoms with E-state index in [1.807, 2.05) is 13.8 Å². The summed E-state index contributed by atoms with van der Waals surface area (Å²) < 4.78 is 4.78. The van der Waals surface area contributed by atoms with E-state index in [9.17, 15) is 4.79 Å². The molecule has 0 spiro atoms. The molecule has 0 unspecified atom stereocenters. The van der Waals surface area contributed by atoms with Gasteiger partial charge in [0.2, 0.25) is 5.28 Å². The molecular weight excluding hydrogens is 286 g/mol. The number of fused-ring (bicyclic) bond motifs is 1. The first-order valence-electron chi connectivity index (χ1n) is 5.95. The van der Waals surface area contributed by atoms with Crippen molar-refractivity contribution >= 4 is 35.1 Å². The van der Waals surface area contributed by atoms with Gasteiger partial charge in [-0.15, -0.1) is 11.8 Å². The third-order valence-corrected chi connectivity index (χ3v) is 4.22. The SMILES string of the molecule is COC(=O)C(C)(C)CNc1nc(Cl)nc2c1SCC2. The summed E-state index contributed by atoms with van der Waals surface area (Å²) >= 11 is 7.61. The number of carbonyl (C=O) groups is 1. The van der Waals surface area contributed by atoms with E-state index >= 15 is 0 Å². The highest BCUT2D eigenvalue weighted by Gasteiger charge is 2.29. The summed E-state index contributed by atoms with van der Waals surface area (Å²) in [7, 11) is 1.39. The number of rotatable bonds is 4. The molecule has 0 saturated carbocycles. The molecule has 1 aliphatic heterocycles. The normalized spacial score (nSPS) is 14.1. The second-order valence-corrected chi connectivity index (χ2v) is 6.39. The van der Waals surface area contributed by atoms with Crippen LogP contribution in [-0.4, -0.2) is 35.3 Å². The van der Waals surface area contributed by atoms with E-state index in [0.717, 1.165) is 22.8 Å². The molecule has 1 N–H and O–H groups in total. The molecule has 0 fully saturated rings. The molecule has 19 heavy (non-hydrogen) atoms. The molecule has 104 valence electrons. The Morgan fingerprint density at radius 1 is 1.53 bits per heavy atom. The second kappa shape index (κ2) is 5.54. The van der Waals surface area contributed by atoms with Crippen molar-refractivity contribution in [3.05, 3.63) is 11.0 Å². The van der Waals surface area contributed by atoms with Crippen molar-refractivity contribution in [1.82, 2.24) is 9.97 Å². The van der Waals surface area contributed by atoms with Crippen LogP contribution in [0.5, 0.6) is 0 Å². The minimum Gasteiger partial charge on any atom is -0.469 e. The zero-order chi connectivity index (χ0) is 14.0. The van der Waals surface area contributed by atoms with Gasteiger partial charge in [0.05, 0.1) is 23.1 Å². The Morgan fingerprint density at radius 2 is 2.26 bits per heavy atom. The topological polar surface area (TPSA) is 64.1 Å². The van der Waals surface area contributed by atoms with Gasteiger partial charge in [-0.25, -0.2) is 4.98 Å². The van der Waals surface area contributed by atoms with Crippen LogP contribution in [0.2, 0.25) is 5.28 Å². The van der Waals surface area contributed by atoms with Crippen molar-refractivity contribution in [3.8, 4) is 0 Å². The predicted octanol–water partition coefficient (Wildman–Crippen LogP) is 2.39. The lowest BCUT2D eigenvalue weighted by molar-refractivity contribution is -0.149. The van der Waals surface area contributed by atoms with Crippen LogP contribution in [0.25, 0.3) is 0 Å². The van der Waals surface area contributed by atoms with Gasteiger partial charge >= 0.3 is 5.97 Å². The molecule has 2 heterocycles. The molecule has 1 aromatic rings. The van der Waals surface area contributed by atoms with Crippen molar-refractivity contribution in [2.45, 2.75) is 25.2 Å². The molecule has 0 aliphatic carbocycles. The molecule has 5 nitrogen and oxygen atoms in total. The number of esters is 1. The summed E-state index contributed by atoms with van der Waals surface area (Å²) in [6.45, 7) is 4.07. The monoisotopic (exact) mass is 301 g/mol. The van der Waals surface area contributed by atoms with E-state index in [0.29, 0.717) is 12.4 Å². The van der Waals surface area contributed by atoms with Crippen LogP contribution in [0.4, 0.5) is 5.82 Å². The maximum atomic E-state index is 11.6. The average Bonchev–Trinajstić information content (AvgIpc) is 2.82. The molecule has 0 atom stereocenters. The highest BCUT2D eigenvalue weighted by molar-refractivity contribution is 7.99. The summed E-state index contributed by atoms with van der Waals surface area (Å²) in [6, 6.07) is 0. The molecule has 1 aliphatic rings. The highest BCUT2D eigenvalue weighted by atomic mass is 35.5. The van der Waals surface area contributed by atoms with Gasteiger partial charge in [0, 0.05) is 18.7 Å². The number of anilines is 1. The van der Waals surface area contributed by atoms with Crippen molar-refractivity contribution in [2.75, 3.05) is 24.7 Å². The number of thioether (sulfide) groups is 1. The minimum atomic E-state index is -0.623. The fourth-order valence-corrected chi connectivity index (χ4v) is 3.07. The Bertz CT molecular complexity index is 508. The first-order valence-corrected chi connectivity index (χ1v) is 7.32. The molecule has 0 saturated heterocycles. The fourth-order valence-electron chi connectivity index (χ4n) is 1.81. The van der Waals surface area contributed by atoms with E-state index in [1.165, 1.54) is 7.11 Å². The van der Waals surface area contributed by atoms with Crippen molar-refractivity contribution in [1.29, 1.82) is 0 Å². The van der Waals surface area contributed by atoms with Crippen molar-refractivity contribution in [3.63, 3.8) is 0 Å². The van der Waals surface area contributed by atoms with Crippen LogP contribution in [0.3, 0.4) is 0 Å². The molecule has 0 bridgehead atoms. The number of halogens is 1. The number of hydrogen-bond donors (Lipinski definition) is 1. The number of nitrogens with zero attached hydrogens (tertiary/aromatic N) is 2. The molecular formula is C12H16ClN3O2S. The first kappa shape index (κ1) is 14.4. The Labute approximate surface area is 121 Å². The van der Waals surface area contributed by atoms with E-state index in [-0.39, 0.29) is 11.3 Å². The average molecular weight is 302 g/mol. The zero-order valence-electron chi connectivity index (χ0n) is 11.1. The lowest BCUT2D eigenvalue weighted by Gasteiger charge is -2.22. The van der Waals surface area contributed by atoms with Gasteiger partial charge in [0.15, 0.2) is 0 Å². The molecule has 0 aromatic carbocycles. The van der Waals surface area contributed by atoms with Crippen LogP contribution in [-0.2, 0) is 16.0 Å². The third kappa shape index (κ3) is 3.12. The summed E-state index contributed by atoms with van der Waals surface area (Å²) in [5, 5.41) is 3.42. The van der Waals surface area contributed by atoms with Gasteiger partial charge in [0.25, 0.3) is 0 Å². The number of ether oxygens (including phenoxy) is 1. The van der Waals surface area contributed by atoms with E-state index in [1.54, 1.807) is 11.8 Å². The number of hydrogen-bond acceptors (Lipinski definition) is 6. The van der Waals surface area contributed by atoms with Gasteiger partial charge < -0.3 is 10.1 Å². The molecule has 7 heteroatoms. The Hall–Kier alpha value is -1.01. The second-order valence-electron chi connectivity index (χ2n) is 4.94. The van der Waals surface area contributed by atoms with Crippen LogP contribution in [0.1, 0.15) is 19.5 Å². The van der Waals surface area contributed by atoms with Crippen LogP contribution >= 0.6 is 23.4 Å². The molecule has 2 rings (SSSR count). The molecule has 0 radical (unpaired) electrons. The van der Waals surface area contributed by atoms with Gasteiger partial charge in [-0.2, -0.15) is 4.98 Å². The van der Waals surface area contributed by atoms with Crippen LogP contribution in [0, 0.1) is 5.41 Å². The summed E-state index contributed by atoms with van der Waals surface area (Å²) in [6.07, 6.45) is 0.900. The van der Waals surface area contributed by atoms with E-state index in [4.69, 9.17) is 16.3 Å². The number of aromatic nitrogens is 2. The highest BCUT2D eigenvalue weighted by Crippen LogP contribution is 2.36. The number of aryl methyl sites for hydroxylation is 1. The van der Waals surface area contributed by atoms with Crippen LogP contribution < -0.4 is 5.32 Å². The van der Waals surface area contributed by atoms with Gasteiger partial charge in [-0.3, -0.25) is 4.79 Å². The lowest BCUT2D eigenvalue weighted by atomic mass is 9.94. The predicted molar refractivity (Wildman–Crippen MR) is 75.8 cm³/mol. The smallest absolute Gasteiger partial charge is 0.313 e. The van der Waals surface area contributed by atoms with Gasteiger partial charge in [-0.05, 0) is 25.4 Å². The Morgan fingerprint density at radius 3 is 2.95 bits per heavy atom. The van der Waals surface area contributed by atoms with Crippen molar-refractivity contribution in [2.24, 2.45) is 5.41 Å². The standard InChI is InChI=1S/C12H16ClN3O2S/c1-12(2,10(17)18-3)6-14-9-8-7(4-5-19-8)15-11(13)16-9/h4-6H2,1-3H3,(H,14,15,16). The van der Waals surface area contributed by atoms with E-state index < -0.39 is 5.41 Å². The maximum absolute atomic E-state index is 11.6. The zero-order valence-corrected chi connectivity index (χ0v) is 12.7. The molecule has 0 amide bonds.